The smallest absolute Gasteiger partial charge is 0.193 e. The number of guanidine groups is 1. The van der Waals surface area contributed by atoms with Gasteiger partial charge in [0.1, 0.15) is 12.4 Å². The highest BCUT2D eigenvalue weighted by molar-refractivity contribution is 5.79. The average Bonchev–Trinajstić information content (AvgIpc) is 2.99. The number of nitrogens with zero attached hydrogens (tertiary/aromatic N) is 4. The molecule has 25 heavy (non-hydrogen) atoms. The third-order valence-corrected chi connectivity index (χ3v) is 3.94. The Morgan fingerprint density at radius 3 is 2.76 bits per heavy atom. The standard InChI is InChI=1S/C19H29N5O/c1-15(2)17-8-6-7-9-18(17)25-11-10-21-19(20-3)23(4)13-16-12-22-24(5)14-16/h6-9,12,14-15H,10-11,13H2,1-5H3,(H,20,21). The van der Waals surface area contributed by atoms with E-state index < -0.39 is 0 Å². The highest BCUT2D eigenvalue weighted by Crippen LogP contribution is 2.25. The molecule has 0 radical (unpaired) electrons. The molecule has 6 nitrogen and oxygen atoms in total. The summed E-state index contributed by atoms with van der Waals surface area (Å²) < 4.78 is 7.75. The summed E-state index contributed by atoms with van der Waals surface area (Å²) in [4.78, 5) is 6.40. The Hall–Kier alpha value is -2.50. The normalized spacial score (nSPS) is 11.7. The number of benzene rings is 1. The Bertz CT molecular complexity index is 693. The van der Waals surface area contributed by atoms with Crippen molar-refractivity contribution in [3.8, 4) is 5.75 Å². The van der Waals surface area contributed by atoms with Gasteiger partial charge in [0.2, 0.25) is 0 Å². The first-order valence-electron chi connectivity index (χ1n) is 8.62. The van der Waals surface area contributed by atoms with E-state index in [0.717, 1.165) is 23.8 Å². The maximum absolute atomic E-state index is 5.95. The van der Waals surface area contributed by atoms with Gasteiger partial charge in [0, 0.05) is 39.4 Å². The largest absolute Gasteiger partial charge is 0.491 e. The van der Waals surface area contributed by atoms with Crippen molar-refractivity contribution in [2.24, 2.45) is 12.0 Å². The molecule has 136 valence electrons. The number of rotatable bonds is 7. The zero-order valence-corrected chi connectivity index (χ0v) is 15.9. The zero-order chi connectivity index (χ0) is 18.2. The fourth-order valence-corrected chi connectivity index (χ4v) is 2.70. The quantitative estimate of drug-likeness (QED) is 0.477. The number of ether oxygens (including phenoxy) is 1. The number of aryl methyl sites for hydroxylation is 1. The van der Waals surface area contributed by atoms with Crippen LogP contribution < -0.4 is 10.1 Å². The molecule has 0 aliphatic carbocycles. The van der Waals surface area contributed by atoms with Crippen molar-refractivity contribution in [3.05, 3.63) is 47.8 Å². The van der Waals surface area contributed by atoms with E-state index in [4.69, 9.17) is 4.74 Å². The van der Waals surface area contributed by atoms with Crippen LogP contribution in [0.25, 0.3) is 0 Å². The lowest BCUT2D eigenvalue weighted by atomic mass is 10.0. The van der Waals surface area contributed by atoms with Gasteiger partial charge in [-0.15, -0.1) is 0 Å². The Labute approximate surface area is 150 Å². The molecule has 0 saturated carbocycles. The first-order chi connectivity index (χ1) is 12.0. The van der Waals surface area contributed by atoms with Crippen molar-refractivity contribution in [2.75, 3.05) is 27.2 Å². The molecule has 0 amide bonds. The van der Waals surface area contributed by atoms with Crippen LogP contribution >= 0.6 is 0 Å². The molecule has 2 aromatic rings. The van der Waals surface area contributed by atoms with Gasteiger partial charge in [0.25, 0.3) is 0 Å². The first kappa shape index (κ1) is 18.8. The van der Waals surface area contributed by atoms with Crippen LogP contribution in [0.15, 0.2) is 41.7 Å². The molecule has 0 atom stereocenters. The predicted octanol–water partition coefficient (Wildman–Crippen LogP) is 2.63. The van der Waals surface area contributed by atoms with Crippen LogP contribution in [0, 0.1) is 0 Å². The minimum atomic E-state index is 0.447. The second-order valence-electron chi connectivity index (χ2n) is 6.39. The Morgan fingerprint density at radius 2 is 2.12 bits per heavy atom. The molecule has 0 spiro atoms. The molecule has 1 heterocycles. The van der Waals surface area contributed by atoms with Crippen LogP contribution in [0.1, 0.15) is 30.9 Å². The second kappa shape index (κ2) is 9.11. The lowest BCUT2D eigenvalue weighted by molar-refractivity contribution is 0.315. The minimum absolute atomic E-state index is 0.447. The topological polar surface area (TPSA) is 54.7 Å². The van der Waals surface area contributed by atoms with Crippen molar-refractivity contribution < 1.29 is 4.74 Å². The van der Waals surface area contributed by atoms with Crippen molar-refractivity contribution >= 4 is 5.96 Å². The molecule has 2 rings (SSSR count). The predicted molar refractivity (Wildman–Crippen MR) is 102 cm³/mol. The summed E-state index contributed by atoms with van der Waals surface area (Å²) in [5.41, 5.74) is 2.38. The molecule has 0 aliphatic heterocycles. The highest BCUT2D eigenvalue weighted by Gasteiger charge is 2.09. The molecule has 0 unspecified atom stereocenters. The molecule has 1 N–H and O–H groups in total. The van der Waals surface area contributed by atoms with E-state index in [2.05, 4.69) is 46.3 Å². The number of hydrogen-bond acceptors (Lipinski definition) is 3. The minimum Gasteiger partial charge on any atom is -0.491 e. The van der Waals surface area contributed by atoms with Crippen LogP contribution in [0.5, 0.6) is 5.75 Å². The third kappa shape index (κ3) is 5.52. The van der Waals surface area contributed by atoms with Gasteiger partial charge in [-0.25, -0.2) is 0 Å². The van der Waals surface area contributed by atoms with Gasteiger partial charge >= 0.3 is 0 Å². The summed E-state index contributed by atoms with van der Waals surface area (Å²) in [5, 5.41) is 7.53. The molecule has 0 saturated heterocycles. The van der Waals surface area contributed by atoms with Crippen molar-refractivity contribution in [3.63, 3.8) is 0 Å². The number of para-hydroxylation sites is 1. The van der Waals surface area contributed by atoms with E-state index >= 15 is 0 Å². The monoisotopic (exact) mass is 343 g/mol. The van der Waals surface area contributed by atoms with E-state index in [1.165, 1.54) is 5.56 Å². The Kier molecular flexibility index (Phi) is 6.86. The summed E-state index contributed by atoms with van der Waals surface area (Å²) in [7, 11) is 5.72. The van der Waals surface area contributed by atoms with Gasteiger partial charge in [-0.3, -0.25) is 9.67 Å². The van der Waals surface area contributed by atoms with E-state index in [-0.39, 0.29) is 0 Å². The van der Waals surface area contributed by atoms with Gasteiger partial charge in [-0.05, 0) is 17.5 Å². The SMILES string of the molecule is CN=C(NCCOc1ccccc1C(C)C)N(C)Cc1cnn(C)c1. The molecule has 0 aliphatic rings. The summed E-state index contributed by atoms with van der Waals surface area (Å²) >= 11 is 0. The van der Waals surface area contributed by atoms with E-state index in [9.17, 15) is 0 Å². The number of nitrogens with one attached hydrogen (secondary N) is 1. The lowest BCUT2D eigenvalue weighted by Gasteiger charge is -2.21. The average molecular weight is 343 g/mol. The van der Waals surface area contributed by atoms with E-state index in [1.54, 1.807) is 11.7 Å². The number of aliphatic imine (C=N–C) groups is 1. The van der Waals surface area contributed by atoms with E-state index in [1.807, 2.05) is 38.6 Å². The fraction of sp³-hybridized carbons (Fsp3) is 0.474. The Balaban J connectivity index is 1.81. The van der Waals surface area contributed by atoms with Gasteiger partial charge in [-0.2, -0.15) is 5.10 Å². The maximum atomic E-state index is 5.95. The van der Waals surface area contributed by atoms with Gasteiger partial charge in [0.15, 0.2) is 5.96 Å². The third-order valence-electron chi connectivity index (χ3n) is 3.94. The van der Waals surface area contributed by atoms with Crippen LogP contribution in [-0.2, 0) is 13.6 Å². The second-order valence-corrected chi connectivity index (χ2v) is 6.39. The molecule has 1 aromatic heterocycles. The van der Waals surface area contributed by atoms with Gasteiger partial charge in [0.05, 0.1) is 12.7 Å². The number of aromatic nitrogens is 2. The zero-order valence-electron chi connectivity index (χ0n) is 15.9. The van der Waals surface area contributed by atoms with Crippen molar-refractivity contribution in [1.29, 1.82) is 0 Å². The fourth-order valence-electron chi connectivity index (χ4n) is 2.70. The first-order valence-corrected chi connectivity index (χ1v) is 8.62. The molecular weight excluding hydrogens is 314 g/mol. The summed E-state index contributed by atoms with van der Waals surface area (Å²) in [6, 6.07) is 8.21. The van der Waals surface area contributed by atoms with Crippen LogP contribution in [0.2, 0.25) is 0 Å². The highest BCUT2D eigenvalue weighted by atomic mass is 16.5. The van der Waals surface area contributed by atoms with Crippen molar-refractivity contribution in [2.45, 2.75) is 26.3 Å². The summed E-state index contributed by atoms with van der Waals surface area (Å²) in [5.74, 6) is 2.24. The van der Waals surface area contributed by atoms with Gasteiger partial charge < -0.3 is 15.0 Å². The van der Waals surface area contributed by atoms with E-state index in [0.29, 0.717) is 19.1 Å². The van der Waals surface area contributed by atoms with Crippen LogP contribution in [0.3, 0.4) is 0 Å². The summed E-state index contributed by atoms with van der Waals surface area (Å²) in [6.07, 6.45) is 3.88. The van der Waals surface area contributed by atoms with Crippen LogP contribution in [0.4, 0.5) is 0 Å². The maximum Gasteiger partial charge on any atom is 0.193 e. The van der Waals surface area contributed by atoms with Gasteiger partial charge in [-0.1, -0.05) is 32.0 Å². The molecule has 6 heteroatoms. The Morgan fingerprint density at radius 1 is 1.36 bits per heavy atom. The van der Waals surface area contributed by atoms with Crippen molar-refractivity contribution in [1.82, 2.24) is 20.0 Å². The molecule has 0 fully saturated rings. The molecular formula is C19H29N5O. The lowest BCUT2D eigenvalue weighted by Crippen LogP contribution is -2.40. The number of hydrogen-bond donors (Lipinski definition) is 1. The van der Waals surface area contributed by atoms with Crippen LogP contribution in [-0.4, -0.2) is 47.9 Å². The summed E-state index contributed by atoms with van der Waals surface area (Å²) in [6.45, 7) is 6.38. The molecule has 0 bridgehead atoms. The molecule has 1 aromatic carbocycles.